The molecule has 13 heteroatoms. The predicted octanol–water partition coefficient (Wildman–Crippen LogP) is -1.51. The predicted molar refractivity (Wildman–Crippen MR) is 131 cm³/mol. The van der Waals surface area contributed by atoms with Crippen molar-refractivity contribution in [3.63, 3.8) is 0 Å². The van der Waals surface area contributed by atoms with Crippen LogP contribution in [-0.4, -0.2) is 117 Å². The fourth-order valence-electron chi connectivity index (χ4n) is 4.31. The van der Waals surface area contributed by atoms with Gasteiger partial charge in [0.2, 0.25) is 5.91 Å². The summed E-state index contributed by atoms with van der Waals surface area (Å²) in [4.78, 5) is 26.9. The minimum Gasteiger partial charge on any atom is -0.507 e. The molecule has 0 bridgehead atoms. The summed E-state index contributed by atoms with van der Waals surface area (Å²) in [6.07, 6.45) is -6.27. The van der Waals surface area contributed by atoms with Gasteiger partial charge in [-0.1, -0.05) is 0 Å². The van der Waals surface area contributed by atoms with Crippen LogP contribution in [0.1, 0.15) is 23.7 Å². The topological polar surface area (TPSA) is 195 Å². The number of hydrogen-bond acceptors (Lipinski definition) is 12. The monoisotopic (exact) mass is 529 g/mol. The number of hydrogen-bond donors (Lipinski definition) is 7. The van der Waals surface area contributed by atoms with Crippen LogP contribution in [0.4, 0.5) is 5.69 Å². The average molecular weight is 530 g/mol. The van der Waals surface area contributed by atoms with Gasteiger partial charge in [0.1, 0.15) is 47.8 Å². The zero-order chi connectivity index (χ0) is 26.6. The van der Waals surface area contributed by atoms with Crippen molar-refractivity contribution in [3.05, 3.63) is 23.8 Å². The van der Waals surface area contributed by atoms with Crippen LogP contribution in [0.15, 0.2) is 18.2 Å². The molecule has 0 aliphatic carbocycles. The number of phenolic OH excluding ortho intramolecular Hbond substituents is 1. The Labute approximate surface area is 213 Å². The normalized spacial score (nSPS) is 30.5. The molecule has 0 spiro atoms. The molecule has 2 heterocycles. The highest BCUT2D eigenvalue weighted by Gasteiger charge is 2.48. The number of likely N-dealkylation sites (tertiary alicyclic amines) is 1. The summed E-state index contributed by atoms with van der Waals surface area (Å²) in [5.41, 5.74) is 4.76. The Balaban J connectivity index is 1.58. The molecule has 8 N–H and O–H groups in total. The number of aromatic hydroxyl groups is 1. The first kappa shape index (κ1) is 28.4. The number of rotatable bonds is 9. The molecule has 12 nitrogen and oxygen atoms in total. The van der Waals surface area contributed by atoms with Gasteiger partial charge in [0.25, 0.3) is 0 Å². The van der Waals surface area contributed by atoms with Gasteiger partial charge in [-0.15, -0.1) is 11.8 Å². The summed E-state index contributed by atoms with van der Waals surface area (Å²) in [6, 6.07) is 2.99. The third kappa shape index (κ3) is 6.79. The summed E-state index contributed by atoms with van der Waals surface area (Å²) in [5.74, 6) is -1.48. The van der Waals surface area contributed by atoms with Gasteiger partial charge in [0, 0.05) is 24.1 Å². The molecule has 36 heavy (non-hydrogen) atoms. The standard InChI is InChI=1S/C23H35N3O9S/c1-11(27)16(25-21(32)12-5-6-26(2)10-12)20-18(30)17(29)19(31)23(35-20)36-8-7-34-22(33)14-4-3-13(24)9-15(14)28/h3-4,9,11-12,16-20,23,27-31H,5-8,10,24H2,1-2H3,(H,25,32). The number of esters is 1. The van der Waals surface area contributed by atoms with Crippen molar-refractivity contribution in [1.82, 2.24) is 10.2 Å². The molecule has 202 valence electrons. The summed E-state index contributed by atoms with van der Waals surface area (Å²) < 4.78 is 11.0. The number of nitrogens with one attached hydrogen (secondary N) is 1. The highest BCUT2D eigenvalue weighted by atomic mass is 32.2. The van der Waals surface area contributed by atoms with Crippen LogP contribution in [0.2, 0.25) is 0 Å². The SMILES string of the molecule is CC(O)C(NC(=O)C1CCN(C)C1)C1OC(SCCOC(=O)c2ccc(N)cc2O)C(O)C(O)C1O. The van der Waals surface area contributed by atoms with Crippen LogP contribution in [0.3, 0.4) is 0 Å². The molecule has 0 radical (unpaired) electrons. The highest BCUT2D eigenvalue weighted by molar-refractivity contribution is 7.99. The Morgan fingerprint density at radius 1 is 1.28 bits per heavy atom. The van der Waals surface area contributed by atoms with Crippen LogP contribution < -0.4 is 11.1 Å². The van der Waals surface area contributed by atoms with Crippen molar-refractivity contribution in [2.24, 2.45) is 5.92 Å². The number of anilines is 1. The van der Waals surface area contributed by atoms with E-state index in [9.17, 15) is 35.1 Å². The van der Waals surface area contributed by atoms with Gasteiger partial charge < -0.3 is 51.0 Å². The van der Waals surface area contributed by atoms with Crippen LogP contribution in [0.25, 0.3) is 0 Å². The number of ether oxygens (including phenoxy) is 2. The van der Waals surface area contributed by atoms with E-state index < -0.39 is 48.0 Å². The lowest BCUT2D eigenvalue weighted by Crippen LogP contribution is -2.65. The van der Waals surface area contributed by atoms with Gasteiger partial charge in [-0.3, -0.25) is 4.79 Å². The third-order valence-electron chi connectivity index (χ3n) is 6.39. The van der Waals surface area contributed by atoms with Crippen LogP contribution >= 0.6 is 11.8 Å². The molecule has 8 unspecified atom stereocenters. The second kappa shape index (κ2) is 12.4. The summed E-state index contributed by atoms with van der Waals surface area (Å²) in [5, 5.41) is 54.3. The number of nitrogens with two attached hydrogens (primary N) is 1. The third-order valence-corrected chi connectivity index (χ3v) is 7.51. The first-order chi connectivity index (χ1) is 17.0. The average Bonchev–Trinajstić information content (AvgIpc) is 3.26. The van der Waals surface area contributed by atoms with Crippen molar-refractivity contribution in [2.45, 2.75) is 55.3 Å². The highest BCUT2D eigenvalue weighted by Crippen LogP contribution is 2.31. The maximum absolute atomic E-state index is 12.7. The van der Waals surface area contributed by atoms with E-state index in [0.717, 1.165) is 18.3 Å². The number of aliphatic hydroxyl groups is 4. The largest absolute Gasteiger partial charge is 0.507 e. The van der Waals surface area contributed by atoms with Crippen molar-refractivity contribution >= 4 is 29.3 Å². The fourth-order valence-corrected chi connectivity index (χ4v) is 5.29. The van der Waals surface area contributed by atoms with Gasteiger partial charge in [-0.25, -0.2) is 4.79 Å². The molecule has 0 aromatic heterocycles. The molecule has 2 aliphatic heterocycles. The molecule has 8 atom stereocenters. The zero-order valence-electron chi connectivity index (χ0n) is 20.2. The van der Waals surface area contributed by atoms with E-state index in [-0.39, 0.29) is 35.5 Å². The van der Waals surface area contributed by atoms with E-state index in [2.05, 4.69) is 5.32 Å². The Hall–Kier alpha value is -2.13. The molecule has 2 fully saturated rings. The van der Waals surface area contributed by atoms with Gasteiger partial charge in [0.05, 0.1) is 18.1 Å². The second-order valence-electron chi connectivity index (χ2n) is 9.25. The number of benzene rings is 1. The van der Waals surface area contributed by atoms with Crippen LogP contribution in [0, 0.1) is 5.92 Å². The van der Waals surface area contributed by atoms with Gasteiger partial charge in [-0.05, 0) is 39.1 Å². The summed E-state index contributed by atoms with van der Waals surface area (Å²) in [6.45, 7) is 2.67. The van der Waals surface area contributed by atoms with Crippen LogP contribution in [-0.2, 0) is 14.3 Å². The molecular weight excluding hydrogens is 494 g/mol. The fraction of sp³-hybridized carbons (Fsp3) is 0.652. The molecule has 1 aromatic carbocycles. The van der Waals surface area contributed by atoms with Gasteiger partial charge in [-0.2, -0.15) is 0 Å². The number of aliphatic hydroxyl groups excluding tert-OH is 4. The van der Waals surface area contributed by atoms with Crippen LogP contribution in [0.5, 0.6) is 5.75 Å². The minimum atomic E-state index is -1.59. The van der Waals surface area contributed by atoms with E-state index in [1.807, 2.05) is 11.9 Å². The Bertz CT molecular complexity index is 921. The minimum absolute atomic E-state index is 0.0502. The second-order valence-corrected chi connectivity index (χ2v) is 10.5. The molecule has 2 saturated heterocycles. The lowest BCUT2D eigenvalue weighted by atomic mass is 9.91. The lowest BCUT2D eigenvalue weighted by molar-refractivity contribution is -0.211. The number of amides is 1. The molecule has 3 rings (SSSR count). The molecule has 1 amide bonds. The van der Waals surface area contributed by atoms with E-state index >= 15 is 0 Å². The van der Waals surface area contributed by atoms with E-state index in [4.69, 9.17) is 15.2 Å². The quantitative estimate of drug-likeness (QED) is 0.111. The number of nitrogens with zero attached hydrogens (tertiary/aromatic N) is 1. The molecular formula is C23H35N3O9S. The number of carbonyl (C=O) groups is 2. The number of carbonyl (C=O) groups excluding carboxylic acids is 2. The maximum atomic E-state index is 12.7. The first-order valence-electron chi connectivity index (χ1n) is 11.7. The lowest BCUT2D eigenvalue weighted by Gasteiger charge is -2.44. The molecule has 0 saturated carbocycles. The Morgan fingerprint density at radius 3 is 2.61 bits per heavy atom. The molecule has 2 aliphatic rings. The van der Waals surface area contributed by atoms with Crippen molar-refractivity contribution in [3.8, 4) is 5.75 Å². The van der Waals surface area contributed by atoms with E-state index in [1.54, 1.807) is 0 Å². The van der Waals surface area contributed by atoms with Crippen molar-refractivity contribution in [2.75, 3.05) is 38.2 Å². The summed E-state index contributed by atoms with van der Waals surface area (Å²) in [7, 11) is 1.91. The number of phenols is 1. The van der Waals surface area contributed by atoms with E-state index in [0.29, 0.717) is 18.7 Å². The maximum Gasteiger partial charge on any atom is 0.341 e. The summed E-state index contributed by atoms with van der Waals surface area (Å²) >= 11 is 1.03. The Kier molecular flexibility index (Phi) is 9.80. The Morgan fingerprint density at radius 2 is 2.00 bits per heavy atom. The van der Waals surface area contributed by atoms with Gasteiger partial charge in [0.15, 0.2) is 0 Å². The van der Waals surface area contributed by atoms with E-state index in [1.165, 1.54) is 25.1 Å². The number of nitrogen functional groups attached to an aromatic ring is 1. The van der Waals surface area contributed by atoms with Gasteiger partial charge >= 0.3 is 5.97 Å². The number of thioether (sulfide) groups is 1. The smallest absolute Gasteiger partial charge is 0.341 e. The van der Waals surface area contributed by atoms with Crippen molar-refractivity contribution < 1.29 is 44.6 Å². The zero-order valence-corrected chi connectivity index (χ0v) is 21.0. The van der Waals surface area contributed by atoms with Crippen molar-refractivity contribution in [1.29, 1.82) is 0 Å². The first-order valence-corrected chi connectivity index (χ1v) is 12.8. The molecule has 1 aromatic rings.